The molecule has 0 spiro atoms. The molecule has 1 aromatic heterocycles. The molecule has 19 heavy (non-hydrogen) atoms. The fourth-order valence-electron chi connectivity index (χ4n) is 1.51. The second-order valence-electron chi connectivity index (χ2n) is 3.78. The molecule has 0 aliphatic rings. The highest BCUT2D eigenvalue weighted by atomic mass is 79.9. The molecule has 96 valence electrons. The van der Waals surface area contributed by atoms with Gasteiger partial charge in [0.1, 0.15) is 22.1 Å². The van der Waals surface area contributed by atoms with Gasteiger partial charge in [-0.15, -0.1) is 0 Å². The Hall–Kier alpha value is -2.00. The zero-order valence-corrected chi connectivity index (χ0v) is 11.7. The van der Waals surface area contributed by atoms with Gasteiger partial charge in [0.05, 0.1) is 17.3 Å². The normalized spacial score (nSPS) is 10.0. The van der Waals surface area contributed by atoms with Crippen molar-refractivity contribution in [3.63, 3.8) is 0 Å². The highest BCUT2D eigenvalue weighted by molar-refractivity contribution is 9.10. The van der Waals surface area contributed by atoms with Gasteiger partial charge in [-0.05, 0) is 34.1 Å². The first kappa shape index (κ1) is 13.4. The number of nitriles is 1. The van der Waals surface area contributed by atoms with Crippen LogP contribution in [-0.4, -0.2) is 9.97 Å². The molecule has 0 radical (unpaired) electrons. The van der Waals surface area contributed by atoms with Crippen LogP contribution in [0.5, 0.6) is 0 Å². The summed E-state index contributed by atoms with van der Waals surface area (Å²) in [6, 6.07) is 7.78. The van der Waals surface area contributed by atoms with E-state index in [1.54, 1.807) is 12.1 Å². The van der Waals surface area contributed by atoms with Crippen molar-refractivity contribution in [2.75, 3.05) is 5.32 Å². The maximum absolute atomic E-state index is 13.7. The summed E-state index contributed by atoms with van der Waals surface area (Å²) in [5.74, 6) is 0.667. The molecular formula is C13H10BrFN4. The lowest BCUT2D eigenvalue weighted by molar-refractivity contribution is 0.631. The molecule has 0 saturated heterocycles. The SMILES string of the molecule is CCc1nc(Br)cc(Nc2ccc(C#N)cc2F)n1. The number of hydrogen-bond acceptors (Lipinski definition) is 4. The van der Waals surface area contributed by atoms with E-state index < -0.39 is 5.82 Å². The Morgan fingerprint density at radius 3 is 2.79 bits per heavy atom. The first-order valence-electron chi connectivity index (χ1n) is 5.62. The standard InChI is InChI=1S/C13H10BrFN4/c1-2-12-18-11(14)6-13(19-12)17-10-4-3-8(7-16)5-9(10)15/h3-6H,2H2,1H3,(H,17,18,19). The van der Waals surface area contributed by atoms with Crippen molar-refractivity contribution in [2.45, 2.75) is 13.3 Å². The Morgan fingerprint density at radius 1 is 1.37 bits per heavy atom. The third-order valence-corrected chi connectivity index (χ3v) is 2.82. The van der Waals surface area contributed by atoms with E-state index in [0.717, 1.165) is 0 Å². The van der Waals surface area contributed by atoms with Gasteiger partial charge in [0.15, 0.2) is 0 Å². The minimum Gasteiger partial charge on any atom is -0.338 e. The van der Waals surface area contributed by atoms with E-state index in [9.17, 15) is 4.39 Å². The van der Waals surface area contributed by atoms with Gasteiger partial charge in [0, 0.05) is 12.5 Å². The molecule has 0 aliphatic carbocycles. The van der Waals surface area contributed by atoms with E-state index in [1.165, 1.54) is 12.1 Å². The number of hydrogen-bond donors (Lipinski definition) is 1. The molecule has 1 N–H and O–H groups in total. The Balaban J connectivity index is 2.31. The van der Waals surface area contributed by atoms with Crippen LogP contribution in [0.1, 0.15) is 18.3 Å². The Labute approximate surface area is 118 Å². The number of rotatable bonds is 3. The van der Waals surface area contributed by atoms with Gasteiger partial charge in [-0.25, -0.2) is 14.4 Å². The highest BCUT2D eigenvalue weighted by Crippen LogP contribution is 2.21. The molecule has 1 aromatic carbocycles. The van der Waals surface area contributed by atoms with Crippen molar-refractivity contribution in [3.05, 3.63) is 46.1 Å². The van der Waals surface area contributed by atoms with Gasteiger partial charge >= 0.3 is 0 Å². The van der Waals surface area contributed by atoms with Crippen LogP contribution in [0.2, 0.25) is 0 Å². The average Bonchev–Trinajstić information content (AvgIpc) is 2.40. The first-order valence-corrected chi connectivity index (χ1v) is 6.42. The molecule has 4 nitrogen and oxygen atoms in total. The molecule has 0 amide bonds. The molecule has 2 aromatic rings. The lowest BCUT2D eigenvalue weighted by Crippen LogP contribution is -2.01. The fourth-order valence-corrected chi connectivity index (χ4v) is 1.93. The molecule has 0 bridgehead atoms. The molecule has 6 heteroatoms. The summed E-state index contributed by atoms with van der Waals surface area (Å²) < 4.78 is 14.4. The minimum absolute atomic E-state index is 0.270. The zero-order valence-electron chi connectivity index (χ0n) is 10.1. The highest BCUT2D eigenvalue weighted by Gasteiger charge is 2.06. The van der Waals surface area contributed by atoms with Crippen LogP contribution in [0, 0.1) is 17.1 Å². The van der Waals surface area contributed by atoms with Crippen molar-refractivity contribution in [1.29, 1.82) is 5.26 Å². The molecule has 2 rings (SSSR count). The van der Waals surface area contributed by atoms with Gasteiger partial charge in [-0.2, -0.15) is 5.26 Å². The molecule has 1 heterocycles. The third-order valence-electron chi connectivity index (χ3n) is 2.42. The Kier molecular flexibility index (Phi) is 4.07. The summed E-state index contributed by atoms with van der Waals surface area (Å²) in [6.45, 7) is 1.94. The largest absolute Gasteiger partial charge is 0.338 e. The summed E-state index contributed by atoms with van der Waals surface area (Å²) in [7, 11) is 0. The smallest absolute Gasteiger partial charge is 0.147 e. The van der Waals surface area contributed by atoms with E-state index in [2.05, 4.69) is 31.2 Å². The van der Waals surface area contributed by atoms with Crippen molar-refractivity contribution in [3.8, 4) is 6.07 Å². The van der Waals surface area contributed by atoms with E-state index in [0.29, 0.717) is 22.7 Å². The molecule has 0 aliphatic heterocycles. The lowest BCUT2D eigenvalue weighted by Gasteiger charge is -2.08. The van der Waals surface area contributed by atoms with Crippen LogP contribution in [0.15, 0.2) is 28.9 Å². The van der Waals surface area contributed by atoms with Crippen LogP contribution >= 0.6 is 15.9 Å². The first-order chi connectivity index (χ1) is 9.12. The number of aromatic nitrogens is 2. The van der Waals surface area contributed by atoms with Crippen LogP contribution in [0.3, 0.4) is 0 Å². The van der Waals surface area contributed by atoms with Gasteiger partial charge in [-0.3, -0.25) is 0 Å². The Morgan fingerprint density at radius 2 is 2.16 bits per heavy atom. The number of nitrogens with one attached hydrogen (secondary N) is 1. The summed E-state index contributed by atoms with van der Waals surface area (Å²) >= 11 is 3.28. The summed E-state index contributed by atoms with van der Waals surface area (Å²) in [6.07, 6.45) is 0.684. The maximum atomic E-state index is 13.7. The van der Waals surface area contributed by atoms with E-state index in [4.69, 9.17) is 5.26 Å². The van der Waals surface area contributed by atoms with Crippen molar-refractivity contribution >= 4 is 27.4 Å². The summed E-state index contributed by atoms with van der Waals surface area (Å²) in [5.41, 5.74) is 0.549. The number of aryl methyl sites for hydroxylation is 1. The molecular weight excluding hydrogens is 311 g/mol. The lowest BCUT2D eigenvalue weighted by atomic mass is 10.2. The quantitative estimate of drug-likeness (QED) is 0.878. The van der Waals surface area contributed by atoms with Gasteiger partial charge < -0.3 is 5.32 Å². The van der Waals surface area contributed by atoms with Crippen LogP contribution in [0.25, 0.3) is 0 Å². The number of anilines is 2. The van der Waals surface area contributed by atoms with Crippen molar-refractivity contribution in [2.24, 2.45) is 0 Å². The van der Waals surface area contributed by atoms with Crippen LogP contribution in [0.4, 0.5) is 15.9 Å². The number of nitrogens with zero attached hydrogens (tertiary/aromatic N) is 3. The zero-order chi connectivity index (χ0) is 13.8. The maximum Gasteiger partial charge on any atom is 0.147 e. The Bertz CT molecular complexity index is 652. The van der Waals surface area contributed by atoms with Crippen molar-refractivity contribution < 1.29 is 4.39 Å². The molecule has 0 saturated carbocycles. The molecule has 0 unspecified atom stereocenters. The predicted octanol–water partition coefficient (Wildman–Crippen LogP) is 3.56. The minimum atomic E-state index is -0.494. The number of halogens is 2. The van der Waals surface area contributed by atoms with E-state index >= 15 is 0 Å². The predicted molar refractivity (Wildman–Crippen MR) is 73.5 cm³/mol. The second-order valence-corrected chi connectivity index (χ2v) is 4.59. The third kappa shape index (κ3) is 3.26. The summed E-state index contributed by atoms with van der Waals surface area (Å²) in [5, 5.41) is 11.6. The average molecular weight is 321 g/mol. The molecule has 0 fully saturated rings. The van der Waals surface area contributed by atoms with Gasteiger partial charge in [0.25, 0.3) is 0 Å². The second kappa shape index (κ2) is 5.76. The topological polar surface area (TPSA) is 61.6 Å². The summed E-state index contributed by atoms with van der Waals surface area (Å²) in [4.78, 5) is 8.42. The monoisotopic (exact) mass is 320 g/mol. The van der Waals surface area contributed by atoms with Crippen molar-refractivity contribution in [1.82, 2.24) is 9.97 Å². The van der Waals surface area contributed by atoms with Gasteiger partial charge in [-0.1, -0.05) is 6.92 Å². The van der Waals surface area contributed by atoms with Crippen LogP contribution in [-0.2, 0) is 6.42 Å². The van der Waals surface area contributed by atoms with Crippen LogP contribution < -0.4 is 5.32 Å². The molecule has 0 atom stereocenters. The fraction of sp³-hybridized carbons (Fsp3) is 0.154. The number of benzene rings is 1. The van der Waals surface area contributed by atoms with E-state index in [1.807, 2.05) is 13.0 Å². The van der Waals surface area contributed by atoms with Gasteiger partial charge in [0.2, 0.25) is 0 Å². The van der Waals surface area contributed by atoms with E-state index in [-0.39, 0.29) is 11.3 Å².